The molecular weight excluding hydrogens is 318 g/mol. The second-order valence-electron chi connectivity index (χ2n) is 7.70. The zero-order chi connectivity index (χ0) is 18.9. The normalized spacial score (nSPS) is 30.0. The van der Waals surface area contributed by atoms with Crippen LogP contribution in [-0.2, 0) is 9.59 Å². The Labute approximate surface area is 149 Å². The summed E-state index contributed by atoms with van der Waals surface area (Å²) in [7, 11) is 1.79. The molecule has 6 nitrogen and oxygen atoms in total. The molecule has 0 saturated carbocycles. The van der Waals surface area contributed by atoms with E-state index in [1.54, 1.807) is 32.7 Å². The fourth-order valence-corrected chi connectivity index (χ4v) is 3.91. The molecule has 140 valence electrons. The van der Waals surface area contributed by atoms with E-state index in [1.807, 2.05) is 12.2 Å². The maximum absolute atomic E-state index is 13.1. The van der Waals surface area contributed by atoms with Crippen molar-refractivity contribution in [1.82, 2.24) is 4.90 Å². The minimum Gasteiger partial charge on any atom is -0.385 e. The molecule has 0 amide bonds. The van der Waals surface area contributed by atoms with Crippen molar-refractivity contribution in [2.75, 3.05) is 13.6 Å². The van der Waals surface area contributed by atoms with Gasteiger partial charge in [0.1, 0.15) is 17.7 Å². The van der Waals surface area contributed by atoms with Crippen LogP contribution in [0, 0.1) is 5.92 Å². The highest BCUT2D eigenvalue weighted by Gasteiger charge is 2.53. The lowest BCUT2D eigenvalue weighted by molar-refractivity contribution is -0.140. The van der Waals surface area contributed by atoms with Crippen LogP contribution in [0.15, 0.2) is 23.3 Å². The van der Waals surface area contributed by atoms with Gasteiger partial charge < -0.3 is 16.6 Å². The molecule has 0 aromatic carbocycles. The largest absolute Gasteiger partial charge is 0.385 e. The van der Waals surface area contributed by atoms with E-state index in [-0.39, 0.29) is 11.7 Å². The number of ketones is 2. The van der Waals surface area contributed by atoms with Gasteiger partial charge in [-0.25, -0.2) is 0 Å². The van der Waals surface area contributed by atoms with Gasteiger partial charge in [0, 0.05) is 6.54 Å². The molecular formula is C19H31N3O3. The number of carbonyl (C=O) groups excluding carboxylic acids is 2. The van der Waals surface area contributed by atoms with E-state index in [0.29, 0.717) is 12.1 Å². The number of aliphatic hydroxyl groups is 1. The number of hydrogen-bond acceptors (Lipinski definition) is 6. The summed E-state index contributed by atoms with van der Waals surface area (Å²) in [5.41, 5.74) is 12.9. The van der Waals surface area contributed by atoms with Gasteiger partial charge in [-0.05, 0) is 44.7 Å². The molecule has 1 heterocycles. The Kier molecular flexibility index (Phi) is 5.99. The van der Waals surface area contributed by atoms with Crippen molar-refractivity contribution in [2.45, 2.75) is 63.8 Å². The Bertz CT molecular complexity index is 609. The monoisotopic (exact) mass is 349 g/mol. The predicted molar refractivity (Wildman–Crippen MR) is 97.9 cm³/mol. The van der Waals surface area contributed by atoms with Crippen molar-refractivity contribution in [3.63, 3.8) is 0 Å². The number of carbonyl (C=O) groups is 2. The number of rotatable bonds is 5. The summed E-state index contributed by atoms with van der Waals surface area (Å²) in [5, 5.41) is 10.4. The average molecular weight is 349 g/mol. The van der Waals surface area contributed by atoms with Crippen LogP contribution < -0.4 is 11.5 Å². The summed E-state index contributed by atoms with van der Waals surface area (Å²) in [6.45, 7) is 5.75. The number of Topliss-reactive ketones (excluding diaryl/α,β-unsaturated/α-hetero) is 2. The summed E-state index contributed by atoms with van der Waals surface area (Å²) >= 11 is 0. The molecule has 0 bridgehead atoms. The third kappa shape index (κ3) is 3.49. The minimum atomic E-state index is -1.54. The summed E-state index contributed by atoms with van der Waals surface area (Å²) < 4.78 is 0. The molecule has 4 atom stereocenters. The highest BCUT2D eigenvalue weighted by atomic mass is 16.3. The molecule has 0 fully saturated rings. The first kappa shape index (κ1) is 20.0. The Morgan fingerprint density at radius 2 is 1.96 bits per heavy atom. The fourth-order valence-electron chi connectivity index (χ4n) is 3.91. The van der Waals surface area contributed by atoms with Crippen LogP contribution in [0.1, 0.15) is 40.0 Å². The van der Waals surface area contributed by atoms with E-state index in [4.69, 9.17) is 11.5 Å². The summed E-state index contributed by atoms with van der Waals surface area (Å²) in [6.07, 6.45) is 5.17. The van der Waals surface area contributed by atoms with Crippen molar-refractivity contribution < 1.29 is 14.7 Å². The van der Waals surface area contributed by atoms with E-state index >= 15 is 0 Å². The third-order valence-electron chi connectivity index (χ3n) is 5.38. The summed E-state index contributed by atoms with van der Waals surface area (Å²) in [6, 6.07) is -1.73. The SMILES string of the molecule is CC(C)[C@H](O)C(=O)C1N(C)CCC2=C(C=CCC2)[C@@]1(N)C(=O)[C@H](C)N. The van der Waals surface area contributed by atoms with E-state index in [1.165, 1.54) is 0 Å². The summed E-state index contributed by atoms with van der Waals surface area (Å²) in [5.74, 6) is -1.04. The van der Waals surface area contributed by atoms with Gasteiger partial charge in [0.2, 0.25) is 0 Å². The van der Waals surface area contributed by atoms with Crippen LogP contribution in [0.2, 0.25) is 0 Å². The van der Waals surface area contributed by atoms with Gasteiger partial charge in [0.15, 0.2) is 11.6 Å². The average Bonchev–Trinajstić information content (AvgIpc) is 2.68. The van der Waals surface area contributed by atoms with E-state index < -0.39 is 29.5 Å². The Balaban J connectivity index is 2.64. The maximum Gasteiger partial charge on any atom is 0.181 e. The lowest BCUT2D eigenvalue weighted by Crippen LogP contribution is -2.70. The molecule has 0 radical (unpaired) electrons. The lowest BCUT2D eigenvalue weighted by Gasteiger charge is -2.42. The molecule has 0 aromatic heterocycles. The van der Waals surface area contributed by atoms with Gasteiger partial charge in [-0.3, -0.25) is 14.5 Å². The molecule has 1 aliphatic carbocycles. The smallest absolute Gasteiger partial charge is 0.181 e. The lowest BCUT2D eigenvalue weighted by atomic mass is 9.71. The minimum absolute atomic E-state index is 0.255. The highest BCUT2D eigenvalue weighted by Crippen LogP contribution is 2.37. The topological polar surface area (TPSA) is 110 Å². The van der Waals surface area contributed by atoms with Crippen LogP contribution in [0.3, 0.4) is 0 Å². The molecule has 1 aliphatic heterocycles. The Morgan fingerprint density at radius 3 is 2.52 bits per heavy atom. The standard InChI is InChI=1S/C19H31N3O3/c1-11(2)15(23)16(24)17-19(21,18(25)12(3)20)14-8-6-5-7-13(14)9-10-22(17)4/h6,8,11-12,15,17,23H,5,7,9-10,20-21H2,1-4H3/t12-,15-,17?,19-/m0/s1. The molecule has 2 rings (SSSR count). The van der Waals surface area contributed by atoms with Crippen molar-refractivity contribution in [3.8, 4) is 0 Å². The molecule has 2 aliphatic rings. The number of nitrogens with two attached hydrogens (primary N) is 2. The Morgan fingerprint density at radius 1 is 1.32 bits per heavy atom. The van der Waals surface area contributed by atoms with E-state index in [2.05, 4.69) is 0 Å². The molecule has 0 aromatic rings. The van der Waals surface area contributed by atoms with Gasteiger partial charge in [0.25, 0.3) is 0 Å². The number of aliphatic hydroxyl groups excluding tert-OH is 1. The van der Waals surface area contributed by atoms with Crippen LogP contribution in [-0.4, -0.2) is 58.9 Å². The van der Waals surface area contributed by atoms with Crippen LogP contribution in [0.5, 0.6) is 0 Å². The predicted octanol–water partition coefficient (Wildman–Crippen LogP) is 0.537. The van der Waals surface area contributed by atoms with Crippen LogP contribution in [0.4, 0.5) is 0 Å². The van der Waals surface area contributed by atoms with Gasteiger partial charge in [0.05, 0.1) is 6.04 Å². The molecule has 25 heavy (non-hydrogen) atoms. The zero-order valence-corrected chi connectivity index (χ0v) is 15.7. The first-order chi connectivity index (χ1) is 11.6. The number of nitrogens with zero attached hydrogens (tertiary/aromatic N) is 1. The van der Waals surface area contributed by atoms with Gasteiger partial charge in [-0.15, -0.1) is 0 Å². The zero-order valence-electron chi connectivity index (χ0n) is 15.7. The van der Waals surface area contributed by atoms with Crippen molar-refractivity contribution in [1.29, 1.82) is 0 Å². The first-order valence-corrected chi connectivity index (χ1v) is 9.02. The van der Waals surface area contributed by atoms with Crippen molar-refractivity contribution >= 4 is 11.6 Å². The second kappa shape index (κ2) is 7.50. The molecule has 0 spiro atoms. The maximum atomic E-state index is 13.1. The number of hydrogen-bond donors (Lipinski definition) is 3. The molecule has 6 heteroatoms. The quantitative estimate of drug-likeness (QED) is 0.668. The van der Waals surface area contributed by atoms with Crippen LogP contribution >= 0.6 is 0 Å². The Hall–Kier alpha value is -1.34. The molecule has 1 unspecified atom stereocenters. The fraction of sp³-hybridized carbons (Fsp3) is 0.684. The molecule has 0 saturated heterocycles. The second-order valence-corrected chi connectivity index (χ2v) is 7.70. The third-order valence-corrected chi connectivity index (χ3v) is 5.38. The van der Waals surface area contributed by atoms with Gasteiger partial charge in [-0.1, -0.05) is 31.6 Å². The summed E-state index contributed by atoms with van der Waals surface area (Å²) in [4.78, 5) is 28.0. The van der Waals surface area contributed by atoms with E-state index in [0.717, 1.165) is 24.8 Å². The van der Waals surface area contributed by atoms with E-state index in [9.17, 15) is 14.7 Å². The number of allylic oxidation sites excluding steroid dienone is 1. The van der Waals surface area contributed by atoms with Gasteiger partial charge in [-0.2, -0.15) is 0 Å². The highest BCUT2D eigenvalue weighted by molar-refractivity contribution is 6.04. The first-order valence-electron chi connectivity index (χ1n) is 9.02. The molecule has 5 N–H and O–H groups in total. The van der Waals surface area contributed by atoms with Crippen molar-refractivity contribution in [3.05, 3.63) is 23.3 Å². The van der Waals surface area contributed by atoms with Crippen LogP contribution in [0.25, 0.3) is 0 Å². The van der Waals surface area contributed by atoms with Gasteiger partial charge >= 0.3 is 0 Å². The number of likely N-dealkylation sites (N-methyl/N-ethyl adjacent to an activating group) is 1. The van der Waals surface area contributed by atoms with Crippen molar-refractivity contribution in [2.24, 2.45) is 17.4 Å².